The lowest BCUT2D eigenvalue weighted by molar-refractivity contribution is 0.680. The summed E-state index contributed by atoms with van der Waals surface area (Å²) in [6.45, 7) is 0. The summed E-state index contributed by atoms with van der Waals surface area (Å²) in [5, 5.41) is 0. The van der Waals surface area contributed by atoms with E-state index >= 15 is 0 Å². The minimum atomic E-state index is -0.152. The zero-order chi connectivity index (χ0) is 12.5. The number of hydrogen-bond acceptors (Lipinski definition) is 2. The van der Waals surface area contributed by atoms with E-state index in [2.05, 4.69) is 23.2 Å². The molecule has 18 heavy (non-hydrogen) atoms. The first-order chi connectivity index (χ1) is 8.75. The monoisotopic (exact) mass is 258 g/mol. The predicted molar refractivity (Wildman–Crippen MR) is 73.9 cm³/mol. The zero-order valence-corrected chi connectivity index (χ0v) is 10.8. The Hall–Kier alpha value is -1.68. The Morgan fingerprint density at radius 1 is 1.17 bits per heavy atom. The van der Waals surface area contributed by atoms with Gasteiger partial charge in [0.1, 0.15) is 0 Å². The standard InChI is InChI=1S/C14H14N2OS/c17-13-8-9-16(14(18)15-13)12-7-3-5-10-4-1-2-6-11(10)12/h3,5,7-9H,1-2,4,6H2,(H,15,17,18). The fraction of sp³-hybridized carbons (Fsp3) is 0.286. The van der Waals surface area contributed by atoms with Gasteiger partial charge < -0.3 is 0 Å². The molecule has 3 rings (SSSR count). The van der Waals surface area contributed by atoms with Crippen LogP contribution in [0.25, 0.3) is 5.69 Å². The molecule has 1 aromatic carbocycles. The Labute approximate surface area is 110 Å². The van der Waals surface area contributed by atoms with Gasteiger partial charge >= 0.3 is 0 Å². The van der Waals surface area contributed by atoms with Crippen molar-refractivity contribution in [1.29, 1.82) is 0 Å². The first kappa shape index (κ1) is 11.4. The van der Waals surface area contributed by atoms with Crippen LogP contribution in [0.15, 0.2) is 35.3 Å². The summed E-state index contributed by atoms with van der Waals surface area (Å²) in [5.41, 5.74) is 3.73. The fourth-order valence-corrected chi connectivity index (χ4v) is 2.85. The largest absolute Gasteiger partial charge is 0.299 e. The van der Waals surface area contributed by atoms with Crippen molar-refractivity contribution in [2.24, 2.45) is 0 Å². The molecule has 0 saturated heterocycles. The lowest BCUT2D eigenvalue weighted by Crippen LogP contribution is -2.13. The van der Waals surface area contributed by atoms with Gasteiger partial charge in [-0.05, 0) is 55.1 Å². The van der Waals surface area contributed by atoms with Gasteiger partial charge in [0.05, 0.1) is 5.69 Å². The van der Waals surface area contributed by atoms with E-state index in [9.17, 15) is 4.79 Å². The Balaban J connectivity index is 2.23. The number of rotatable bonds is 1. The molecule has 1 aliphatic rings. The molecule has 92 valence electrons. The summed E-state index contributed by atoms with van der Waals surface area (Å²) in [4.78, 5) is 13.9. The van der Waals surface area contributed by atoms with Crippen LogP contribution >= 0.6 is 12.2 Å². The second kappa shape index (κ2) is 4.53. The van der Waals surface area contributed by atoms with Crippen LogP contribution in [0.1, 0.15) is 24.0 Å². The highest BCUT2D eigenvalue weighted by atomic mass is 32.1. The van der Waals surface area contributed by atoms with Crippen LogP contribution in [0.3, 0.4) is 0 Å². The lowest BCUT2D eigenvalue weighted by atomic mass is 9.90. The number of fused-ring (bicyclic) bond motifs is 1. The second-order valence-corrected chi connectivity index (χ2v) is 4.99. The molecule has 0 bridgehead atoms. The molecule has 0 aliphatic heterocycles. The van der Waals surface area contributed by atoms with Crippen LogP contribution in [0.5, 0.6) is 0 Å². The van der Waals surface area contributed by atoms with E-state index in [-0.39, 0.29) is 5.56 Å². The van der Waals surface area contributed by atoms with Gasteiger partial charge in [0.15, 0.2) is 4.77 Å². The summed E-state index contributed by atoms with van der Waals surface area (Å²) in [5.74, 6) is 0. The van der Waals surface area contributed by atoms with Gasteiger partial charge in [-0.25, -0.2) is 0 Å². The zero-order valence-electron chi connectivity index (χ0n) is 9.98. The summed E-state index contributed by atoms with van der Waals surface area (Å²) in [7, 11) is 0. The molecule has 0 amide bonds. The normalized spacial score (nSPS) is 14.2. The third-order valence-electron chi connectivity index (χ3n) is 3.45. The highest BCUT2D eigenvalue weighted by molar-refractivity contribution is 7.71. The molecule has 2 aromatic rings. The summed E-state index contributed by atoms with van der Waals surface area (Å²) < 4.78 is 2.35. The van der Waals surface area contributed by atoms with Crippen molar-refractivity contribution >= 4 is 12.2 Å². The number of nitrogens with zero attached hydrogens (tertiary/aromatic N) is 1. The van der Waals surface area contributed by atoms with Gasteiger partial charge in [-0.15, -0.1) is 0 Å². The van der Waals surface area contributed by atoms with Crippen molar-refractivity contribution in [1.82, 2.24) is 9.55 Å². The van der Waals surface area contributed by atoms with Crippen molar-refractivity contribution in [3.05, 3.63) is 56.7 Å². The van der Waals surface area contributed by atoms with E-state index in [1.807, 2.05) is 4.57 Å². The van der Waals surface area contributed by atoms with E-state index in [1.54, 1.807) is 6.20 Å². The Morgan fingerprint density at radius 3 is 2.83 bits per heavy atom. The summed E-state index contributed by atoms with van der Waals surface area (Å²) >= 11 is 5.23. The third-order valence-corrected chi connectivity index (χ3v) is 3.75. The van der Waals surface area contributed by atoms with Crippen molar-refractivity contribution in [2.45, 2.75) is 25.7 Å². The maximum atomic E-state index is 11.2. The van der Waals surface area contributed by atoms with Gasteiger partial charge in [-0.2, -0.15) is 0 Å². The highest BCUT2D eigenvalue weighted by Gasteiger charge is 2.13. The van der Waals surface area contributed by atoms with Gasteiger partial charge in [0.25, 0.3) is 5.56 Å². The Morgan fingerprint density at radius 2 is 2.00 bits per heavy atom. The van der Waals surface area contributed by atoms with Crippen LogP contribution in [-0.2, 0) is 12.8 Å². The maximum Gasteiger partial charge on any atom is 0.251 e. The van der Waals surface area contributed by atoms with E-state index in [4.69, 9.17) is 12.2 Å². The number of benzene rings is 1. The van der Waals surface area contributed by atoms with Gasteiger partial charge in [0, 0.05) is 12.3 Å². The topological polar surface area (TPSA) is 37.8 Å². The third kappa shape index (κ3) is 1.93. The Bertz CT molecular complexity index is 699. The number of aromatic amines is 1. The average molecular weight is 258 g/mol. The molecule has 0 fully saturated rings. The van der Waals surface area contributed by atoms with Crippen molar-refractivity contribution in [3.8, 4) is 5.69 Å². The number of aryl methyl sites for hydroxylation is 1. The molecule has 1 heterocycles. The molecule has 1 aromatic heterocycles. The van der Waals surface area contributed by atoms with Crippen LogP contribution in [0.2, 0.25) is 0 Å². The van der Waals surface area contributed by atoms with Crippen LogP contribution in [0.4, 0.5) is 0 Å². The minimum absolute atomic E-state index is 0.152. The van der Waals surface area contributed by atoms with Crippen LogP contribution in [0, 0.1) is 4.77 Å². The smallest absolute Gasteiger partial charge is 0.251 e. The quantitative estimate of drug-likeness (QED) is 0.799. The molecule has 0 radical (unpaired) electrons. The van der Waals surface area contributed by atoms with E-state index in [0.717, 1.165) is 18.5 Å². The molecule has 0 spiro atoms. The first-order valence-corrected chi connectivity index (χ1v) is 6.60. The molecule has 1 aliphatic carbocycles. The van der Waals surface area contributed by atoms with Crippen molar-refractivity contribution in [2.75, 3.05) is 0 Å². The van der Waals surface area contributed by atoms with Crippen LogP contribution < -0.4 is 5.56 Å². The minimum Gasteiger partial charge on any atom is -0.299 e. The summed E-state index contributed by atoms with van der Waals surface area (Å²) in [6, 6.07) is 7.83. The average Bonchev–Trinajstić information content (AvgIpc) is 2.38. The van der Waals surface area contributed by atoms with Crippen LogP contribution in [-0.4, -0.2) is 9.55 Å². The number of hydrogen-bond donors (Lipinski definition) is 1. The number of aromatic nitrogens is 2. The molecular formula is C14H14N2OS. The molecule has 1 N–H and O–H groups in total. The first-order valence-electron chi connectivity index (χ1n) is 6.19. The van der Waals surface area contributed by atoms with Crippen molar-refractivity contribution in [3.63, 3.8) is 0 Å². The highest BCUT2D eigenvalue weighted by Crippen LogP contribution is 2.26. The fourth-order valence-electron chi connectivity index (χ4n) is 2.59. The predicted octanol–water partition coefficient (Wildman–Crippen LogP) is 2.77. The number of nitrogens with one attached hydrogen (secondary N) is 1. The number of H-pyrrole nitrogens is 1. The molecule has 0 atom stereocenters. The van der Waals surface area contributed by atoms with E-state index < -0.39 is 0 Å². The molecule has 0 unspecified atom stereocenters. The SMILES string of the molecule is O=c1ccn(-c2cccc3c2CCCC3)c(=S)[nH]1. The van der Waals surface area contributed by atoms with E-state index in [1.165, 1.54) is 30.0 Å². The second-order valence-electron chi connectivity index (χ2n) is 4.60. The van der Waals surface area contributed by atoms with Gasteiger partial charge in [0.2, 0.25) is 0 Å². The van der Waals surface area contributed by atoms with Gasteiger partial charge in [-0.1, -0.05) is 12.1 Å². The van der Waals surface area contributed by atoms with Gasteiger partial charge in [-0.3, -0.25) is 14.3 Å². The molecule has 4 heteroatoms. The molecule has 3 nitrogen and oxygen atoms in total. The van der Waals surface area contributed by atoms with Crippen molar-refractivity contribution < 1.29 is 0 Å². The lowest BCUT2D eigenvalue weighted by Gasteiger charge is -2.20. The molecular weight excluding hydrogens is 244 g/mol. The van der Waals surface area contributed by atoms with E-state index in [0.29, 0.717) is 4.77 Å². The molecule has 0 saturated carbocycles. The Kier molecular flexibility index (Phi) is 2.88. The maximum absolute atomic E-state index is 11.2. The summed E-state index contributed by atoms with van der Waals surface area (Å²) in [6.07, 6.45) is 6.46.